The third-order valence-corrected chi connectivity index (χ3v) is 5.67. The van der Waals surface area contributed by atoms with Crippen LogP contribution in [0.4, 0.5) is 0 Å². The summed E-state index contributed by atoms with van der Waals surface area (Å²) in [4.78, 5) is 24.1. The number of rotatable bonds is 4. The van der Waals surface area contributed by atoms with Gasteiger partial charge in [0.2, 0.25) is 10.0 Å². The Morgan fingerprint density at radius 3 is 2.35 bits per heavy atom. The lowest BCUT2D eigenvalue weighted by atomic mass is 9.95. The molecule has 1 heterocycles. The Hall–Kier alpha value is -3.03. The SMILES string of the molecule is O=C1NC(=O)c2cc(S(=O)(=O)NCc3ccccc3)cc3cccc1c23. The molecule has 1 aliphatic rings. The van der Waals surface area contributed by atoms with Crippen molar-refractivity contribution in [2.45, 2.75) is 11.4 Å². The molecule has 0 aliphatic carbocycles. The topological polar surface area (TPSA) is 92.3 Å². The molecule has 0 atom stereocenters. The molecule has 1 aliphatic heterocycles. The third-order valence-electron chi connectivity index (χ3n) is 4.29. The lowest BCUT2D eigenvalue weighted by molar-refractivity contribution is 0.0845. The van der Waals surface area contributed by atoms with Crippen molar-refractivity contribution < 1.29 is 18.0 Å². The van der Waals surface area contributed by atoms with E-state index in [0.717, 1.165) is 5.56 Å². The van der Waals surface area contributed by atoms with E-state index in [-0.39, 0.29) is 17.0 Å². The van der Waals surface area contributed by atoms with E-state index >= 15 is 0 Å². The van der Waals surface area contributed by atoms with Crippen LogP contribution in [0.3, 0.4) is 0 Å². The number of imide groups is 1. The first-order chi connectivity index (χ1) is 12.5. The van der Waals surface area contributed by atoms with Gasteiger partial charge in [0, 0.05) is 23.1 Å². The fourth-order valence-electron chi connectivity index (χ4n) is 3.02. The average molecular weight is 366 g/mol. The van der Waals surface area contributed by atoms with E-state index in [9.17, 15) is 18.0 Å². The maximum atomic E-state index is 12.7. The van der Waals surface area contributed by atoms with Gasteiger partial charge in [-0.25, -0.2) is 13.1 Å². The Morgan fingerprint density at radius 1 is 0.846 bits per heavy atom. The minimum Gasteiger partial charge on any atom is -0.288 e. The van der Waals surface area contributed by atoms with Crippen LogP contribution in [0.15, 0.2) is 65.6 Å². The van der Waals surface area contributed by atoms with Crippen molar-refractivity contribution in [3.05, 3.63) is 77.4 Å². The van der Waals surface area contributed by atoms with Gasteiger partial charge in [-0.3, -0.25) is 14.9 Å². The molecule has 4 rings (SSSR count). The lowest BCUT2D eigenvalue weighted by Crippen LogP contribution is -2.35. The highest BCUT2D eigenvalue weighted by molar-refractivity contribution is 7.89. The summed E-state index contributed by atoms with van der Waals surface area (Å²) in [5.41, 5.74) is 1.36. The maximum Gasteiger partial charge on any atom is 0.258 e. The van der Waals surface area contributed by atoms with E-state index in [4.69, 9.17) is 0 Å². The van der Waals surface area contributed by atoms with Gasteiger partial charge in [-0.2, -0.15) is 0 Å². The van der Waals surface area contributed by atoms with E-state index in [1.165, 1.54) is 12.1 Å². The van der Waals surface area contributed by atoms with Gasteiger partial charge in [0.05, 0.1) is 4.90 Å². The summed E-state index contributed by atoms with van der Waals surface area (Å²) in [6.45, 7) is 0.140. The van der Waals surface area contributed by atoms with Crippen molar-refractivity contribution in [1.29, 1.82) is 0 Å². The summed E-state index contributed by atoms with van der Waals surface area (Å²) in [5.74, 6) is -1.08. The number of benzene rings is 3. The molecule has 3 aromatic rings. The quantitative estimate of drug-likeness (QED) is 0.693. The Kier molecular flexibility index (Phi) is 3.82. The summed E-state index contributed by atoms with van der Waals surface area (Å²) in [6.07, 6.45) is 0. The maximum absolute atomic E-state index is 12.7. The third kappa shape index (κ3) is 2.77. The van der Waals surface area contributed by atoms with Crippen molar-refractivity contribution >= 4 is 32.6 Å². The zero-order chi connectivity index (χ0) is 18.3. The van der Waals surface area contributed by atoms with Crippen molar-refractivity contribution in [3.8, 4) is 0 Å². The second-order valence-corrected chi connectivity index (χ2v) is 7.73. The van der Waals surface area contributed by atoms with Crippen LogP contribution in [-0.2, 0) is 16.6 Å². The average Bonchev–Trinajstić information content (AvgIpc) is 2.65. The fraction of sp³-hybridized carbons (Fsp3) is 0.0526. The van der Waals surface area contributed by atoms with E-state index in [0.29, 0.717) is 16.3 Å². The molecule has 0 radical (unpaired) electrons. The van der Waals surface area contributed by atoms with Crippen LogP contribution >= 0.6 is 0 Å². The minimum atomic E-state index is -3.82. The van der Waals surface area contributed by atoms with Gasteiger partial charge >= 0.3 is 0 Å². The van der Waals surface area contributed by atoms with Crippen LogP contribution in [0.2, 0.25) is 0 Å². The monoisotopic (exact) mass is 366 g/mol. The molecule has 0 spiro atoms. The van der Waals surface area contributed by atoms with Crippen molar-refractivity contribution in [1.82, 2.24) is 10.0 Å². The number of amides is 2. The number of carbonyl (C=O) groups excluding carboxylic acids is 2. The molecule has 7 heteroatoms. The molecule has 0 bridgehead atoms. The Bertz CT molecular complexity index is 1150. The molecule has 130 valence electrons. The normalized spacial score (nSPS) is 13.7. The molecular formula is C19H14N2O4S. The molecule has 0 fully saturated rings. The number of sulfonamides is 1. The largest absolute Gasteiger partial charge is 0.288 e. The number of hydrogen-bond donors (Lipinski definition) is 2. The van der Waals surface area contributed by atoms with Gasteiger partial charge < -0.3 is 0 Å². The molecule has 2 amide bonds. The molecule has 0 unspecified atom stereocenters. The van der Waals surface area contributed by atoms with Crippen molar-refractivity contribution in [2.24, 2.45) is 0 Å². The molecule has 2 N–H and O–H groups in total. The van der Waals surface area contributed by atoms with Gasteiger partial charge in [0.25, 0.3) is 11.8 Å². The smallest absolute Gasteiger partial charge is 0.258 e. The second-order valence-electron chi connectivity index (χ2n) is 5.97. The highest BCUT2D eigenvalue weighted by atomic mass is 32.2. The van der Waals surface area contributed by atoms with Crippen LogP contribution in [-0.4, -0.2) is 20.2 Å². The Balaban J connectivity index is 1.78. The van der Waals surface area contributed by atoms with Crippen LogP contribution in [0, 0.1) is 0 Å². The lowest BCUT2D eigenvalue weighted by Gasteiger charge is -2.18. The Morgan fingerprint density at radius 2 is 1.58 bits per heavy atom. The Labute approximate surface area is 149 Å². The summed E-state index contributed by atoms with van der Waals surface area (Å²) in [5, 5.41) is 3.24. The predicted molar refractivity (Wildman–Crippen MR) is 96.2 cm³/mol. The first kappa shape index (κ1) is 16.4. The second kappa shape index (κ2) is 6.05. The zero-order valence-corrected chi connectivity index (χ0v) is 14.3. The molecule has 26 heavy (non-hydrogen) atoms. The van der Waals surface area contributed by atoms with Crippen LogP contribution in [0.25, 0.3) is 10.8 Å². The summed E-state index contributed by atoms with van der Waals surface area (Å²) in [7, 11) is -3.82. The standard InChI is InChI=1S/C19H14N2O4S/c22-18-15-8-4-7-13-9-14(10-16(17(13)15)19(23)21-18)26(24,25)20-11-12-5-2-1-3-6-12/h1-10,20H,11H2,(H,21,22,23). The fourth-order valence-corrected chi connectivity index (χ4v) is 4.10. The van der Waals surface area contributed by atoms with Gasteiger partial charge in [0.15, 0.2) is 0 Å². The van der Waals surface area contributed by atoms with Crippen molar-refractivity contribution in [2.75, 3.05) is 0 Å². The summed E-state index contributed by atoms with van der Waals surface area (Å²) in [6, 6.07) is 16.9. The zero-order valence-electron chi connectivity index (χ0n) is 13.5. The molecule has 0 aromatic heterocycles. The van der Waals surface area contributed by atoms with Crippen LogP contribution in [0.1, 0.15) is 26.3 Å². The number of carbonyl (C=O) groups is 2. The van der Waals surface area contributed by atoms with E-state index in [1.807, 2.05) is 30.3 Å². The predicted octanol–water partition coefficient (Wildman–Crippen LogP) is 2.20. The molecule has 0 saturated heterocycles. The molecule has 6 nitrogen and oxygen atoms in total. The van der Waals surface area contributed by atoms with Crippen LogP contribution in [0.5, 0.6) is 0 Å². The number of nitrogens with one attached hydrogen (secondary N) is 2. The summed E-state index contributed by atoms with van der Waals surface area (Å²) >= 11 is 0. The molecular weight excluding hydrogens is 352 g/mol. The van der Waals surface area contributed by atoms with E-state index in [2.05, 4.69) is 10.0 Å². The van der Waals surface area contributed by atoms with Crippen LogP contribution < -0.4 is 10.0 Å². The first-order valence-electron chi connectivity index (χ1n) is 7.92. The van der Waals surface area contributed by atoms with E-state index in [1.54, 1.807) is 18.2 Å². The van der Waals surface area contributed by atoms with Gasteiger partial charge in [0.1, 0.15) is 0 Å². The van der Waals surface area contributed by atoms with Gasteiger partial charge in [-0.05, 0) is 29.1 Å². The number of hydrogen-bond acceptors (Lipinski definition) is 4. The summed E-state index contributed by atoms with van der Waals surface area (Å²) < 4.78 is 27.9. The van der Waals surface area contributed by atoms with Gasteiger partial charge in [-0.1, -0.05) is 42.5 Å². The van der Waals surface area contributed by atoms with Gasteiger partial charge in [-0.15, -0.1) is 0 Å². The minimum absolute atomic E-state index is 0.0161. The molecule has 3 aromatic carbocycles. The highest BCUT2D eigenvalue weighted by Crippen LogP contribution is 2.29. The highest BCUT2D eigenvalue weighted by Gasteiger charge is 2.27. The van der Waals surface area contributed by atoms with Crippen molar-refractivity contribution in [3.63, 3.8) is 0 Å². The molecule has 0 saturated carbocycles. The van der Waals surface area contributed by atoms with E-state index < -0.39 is 21.8 Å². The first-order valence-corrected chi connectivity index (χ1v) is 9.40.